The first-order valence-corrected chi connectivity index (χ1v) is 12.7. The first-order chi connectivity index (χ1) is 18.4. The summed E-state index contributed by atoms with van der Waals surface area (Å²) in [5.41, 5.74) is 1.71. The number of hydrogen-bond acceptors (Lipinski definition) is 10. The van der Waals surface area contributed by atoms with E-state index < -0.39 is 11.9 Å². The molecule has 2 N–H and O–H groups in total. The number of nitrogens with zero attached hydrogens (tertiary/aromatic N) is 2. The van der Waals surface area contributed by atoms with Crippen LogP contribution in [0.15, 0.2) is 45.2 Å². The van der Waals surface area contributed by atoms with Crippen molar-refractivity contribution in [2.24, 2.45) is 0 Å². The van der Waals surface area contributed by atoms with E-state index in [4.69, 9.17) is 18.3 Å². The number of aromatic hydroxyl groups is 2. The van der Waals surface area contributed by atoms with Crippen LogP contribution in [0.4, 0.5) is 0 Å². The molecule has 10 nitrogen and oxygen atoms in total. The molecule has 0 radical (unpaired) electrons. The Morgan fingerprint density at radius 2 is 1.13 bits per heavy atom. The number of hydrogen-bond donors (Lipinski definition) is 2. The highest BCUT2D eigenvalue weighted by molar-refractivity contribution is 6.05. The van der Waals surface area contributed by atoms with Crippen LogP contribution >= 0.6 is 0 Å². The van der Waals surface area contributed by atoms with Crippen molar-refractivity contribution in [2.45, 2.75) is 26.9 Å². The second-order valence-corrected chi connectivity index (χ2v) is 9.15. The highest BCUT2D eigenvalue weighted by atomic mass is 16.5. The molecule has 5 rings (SSSR count). The molecule has 0 spiro atoms. The topological polar surface area (TPSA) is 126 Å². The van der Waals surface area contributed by atoms with Gasteiger partial charge in [-0.15, -0.1) is 0 Å². The standard InChI is InChI=1S/C28H30N2O8/c1-3-35-27(33)25-19-13-17(31)5-7-21(19)37-23(25)15-29-9-11-30(12-10-29)16-24-26(28(34)36-4-2)20-14-18(32)6-8-22(20)38-24/h5-8,13-14,31-32H,3-4,9-12,15-16H2,1-2H3. The van der Waals surface area contributed by atoms with Crippen molar-refractivity contribution >= 4 is 33.9 Å². The normalized spacial score (nSPS) is 14.8. The summed E-state index contributed by atoms with van der Waals surface area (Å²) < 4.78 is 22.5. The summed E-state index contributed by atoms with van der Waals surface area (Å²) in [4.78, 5) is 29.8. The van der Waals surface area contributed by atoms with Crippen molar-refractivity contribution < 1.29 is 38.1 Å². The van der Waals surface area contributed by atoms with E-state index in [0.717, 1.165) is 0 Å². The smallest absolute Gasteiger partial charge is 0.342 e. The predicted octanol–water partition coefficient (Wildman–Crippen LogP) is 4.26. The fourth-order valence-corrected chi connectivity index (χ4v) is 4.86. The summed E-state index contributed by atoms with van der Waals surface area (Å²) in [6.07, 6.45) is 0. The molecule has 200 valence electrons. The summed E-state index contributed by atoms with van der Waals surface area (Å²) in [6.45, 7) is 7.56. The number of carbonyl (C=O) groups excluding carboxylic acids is 2. The molecule has 1 aliphatic rings. The number of esters is 2. The van der Waals surface area contributed by atoms with Gasteiger partial charge in [0, 0.05) is 37.0 Å². The number of furan rings is 2. The lowest BCUT2D eigenvalue weighted by molar-refractivity contribution is 0.0508. The van der Waals surface area contributed by atoms with Gasteiger partial charge in [-0.3, -0.25) is 9.80 Å². The van der Waals surface area contributed by atoms with Gasteiger partial charge in [0.05, 0.1) is 26.3 Å². The maximum atomic E-state index is 12.7. The number of phenols is 2. The van der Waals surface area contributed by atoms with E-state index in [1.54, 1.807) is 26.0 Å². The average Bonchev–Trinajstić information content (AvgIpc) is 3.42. The molecule has 3 heterocycles. The summed E-state index contributed by atoms with van der Waals surface area (Å²) in [6, 6.07) is 9.36. The minimum absolute atomic E-state index is 0.0481. The van der Waals surface area contributed by atoms with Gasteiger partial charge >= 0.3 is 11.9 Å². The Labute approximate surface area is 218 Å². The van der Waals surface area contributed by atoms with Gasteiger partial charge in [0.2, 0.25) is 0 Å². The fraction of sp³-hybridized carbons (Fsp3) is 0.357. The zero-order valence-corrected chi connectivity index (χ0v) is 21.4. The monoisotopic (exact) mass is 522 g/mol. The number of piperazine rings is 1. The Morgan fingerprint density at radius 3 is 1.50 bits per heavy atom. The number of phenolic OH excluding ortho intramolecular Hbond substituents is 2. The largest absolute Gasteiger partial charge is 0.508 e. The van der Waals surface area contributed by atoms with Crippen molar-refractivity contribution in [3.8, 4) is 11.5 Å². The Balaban J connectivity index is 1.31. The lowest BCUT2D eigenvalue weighted by Gasteiger charge is -2.33. The van der Waals surface area contributed by atoms with E-state index in [1.807, 2.05) is 0 Å². The van der Waals surface area contributed by atoms with E-state index in [9.17, 15) is 19.8 Å². The van der Waals surface area contributed by atoms with Gasteiger partial charge in [0.25, 0.3) is 0 Å². The molecule has 0 saturated carbocycles. The molecule has 0 atom stereocenters. The second-order valence-electron chi connectivity index (χ2n) is 9.15. The van der Waals surface area contributed by atoms with E-state index in [-0.39, 0.29) is 24.7 Å². The van der Waals surface area contributed by atoms with E-state index in [2.05, 4.69) is 9.80 Å². The number of fused-ring (bicyclic) bond motifs is 2. The lowest BCUT2D eigenvalue weighted by Crippen LogP contribution is -2.45. The summed E-state index contributed by atoms with van der Waals surface area (Å²) in [5, 5.41) is 20.9. The first kappa shape index (κ1) is 25.6. The Morgan fingerprint density at radius 1 is 0.737 bits per heavy atom. The minimum atomic E-state index is -0.479. The van der Waals surface area contributed by atoms with Gasteiger partial charge in [0.15, 0.2) is 0 Å². The van der Waals surface area contributed by atoms with Crippen molar-refractivity contribution in [3.05, 3.63) is 59.0 Å². The first-order valence-electron chi connectivity index (χ1n) is 12.7. The van der Waals surface area contributed by atoms with Crippen LogP contribution in [-0.2, 0) is 22.6 Å². The summed E-state index contributed by atoms with van der Waals surface area (Å²) in [5.74, 6) is 0.137. The number of ether oxygens (including phenoxy) is 2. The molecule has 1 saturated heterocycles. The highest BCUT2D eigenvalue weighted by Crippen LogP contribution is 2.32. The Hall–Kier alpha value is -4.02. The van der Waals surface area contributed by atoms with Crippen LogP contribution in [0.5, 0.6) is 11.5 Å². The molecule has 2 aromatic carbocycles. The maximum Gasteiger partial charge on any atom is 0.342 e. The second kappa shape index (κ2) is 10.8. The molecule has 1 aliphatic heterocycles. The van der Waals surface area contributed by atoms with Crippen LogP contribution in [0.1, 0.15) is 46.1 Å². The van der Waals surface area contributed by atoms with Crippen molar-refractivity contribution in [2.75, 3.05) is 39.4 Å². The molecule has 0 aliphatic carbocycles. The predicted molar refractivity (Wildman–Crippen MR) is 138 cm³/mol. The van der Waals surface area contributed by atoms with Crippen LogP contribution in [0.2, 0.25) is 0 Å². The van der Waals surface area contributed by atoms with Crippen molar-refractivity contribution in [1.82, 2.24) is 9.80 Å². The van der Waals surface area contributed by atoms with Gasteiger partial charge in [-0.05, 0) is 50.2 Å². The molecule has 10 heteroatoms. The van der Waals surface area contributed by atoms with E-state index >= 15 is 0 Å². The third-order valence-corrected chi connectivity index (χ3v) is 6.65. The molecule has 0 amide bonds. The van der Waals surface area contributed by atoms with Crippen LogP contribution in [0.3, 0.4) is 0 Å². The molecular formula is C28H30N2O8. The van der Waals surface area contributed by atoms with Crippen molar-refractivity contribution in [1.29, 1.82) is 0 Å². The summed E-state index contributed by atoms with van der Waals surface area (Å²) in [7, 11) is 0. The zero-order valence-electron chi connectivity index (χ0n) is 21.4. The van der Waals surface area contributed by atoms with Gasteiger partial charge in [0.1, 0.15) is 45.3 Å². The van der Waals surface area contributed by atoms with Crippen LogP contribution in [0.25, 0.3) is 21.9 Å². The quantitative estimate of drug-likeness (QED) is 0.324. The molecule has 1 fully saturated rings. The SMILES string of the molecule is CCOC(=O)c1c(CN2CCN(Cc3oc4ccc(O)cc4c3C(=O)OCC)CC2)oc2ccc(O)cc12. The lowest BCUT2D eigenvalue weighted by atomic mass is 10.1. The Bertz CT molecular complexity index is 1370. The Kier molecular flexibility index (Phi) is 7.26. The number of rotatable bonds is 8. The van der Waals surface area contributed by atoms with Crippen LogP contribution < -0.4 is 0 Å². The third-order valence-electron chi connectivity index (χ3n) is 6.65. The number of benzene rings is 2. The van der Waals surface area contributed by atoms with E-state index in [0.29, 0.717) is 83.9 Å². The third kappa shape index (κ3) is 5.05. The molecule has 0 bridgehead atoms. The van der Waals surface area contributed by atoms with E-state index in [1.165, 1.54) is 24.3 Å². The number of carbonyl (C=O) groups is 2. The fourth-order valence-electron chi connectivity index (χ4n) is 4.86. The van der Waals surface area contributed by atoms with Crippen molar-refractivity contribution in [3.63, 3.8) is 0 Å². The van der Waals surface area contributed by atoms with Gasteiger partial charge in [-0.2, -0.15) is 0 Å². The summed E-state index contributed by atoms with van der Waals surface area (Å²) >= 11 is 0. The molecule has 4 aromatic rings. The maximum absolute atomic E-state index is 12.7. The molecule has 2 aromatic heterocycles. The van der Waals surface area contributed by atoms with Crippen LogP contribution in [0, 0.1) is 0 Å². The molecule has 38 heavy (non-hydrogen) atoms. The highest BCUT2D eigenvalue weighted by Gasteiger charge is 2.28. The van der Waals surface area contributed by atoms with Gasteiger partial charge in [-0.25, -0.2) is 9.59 Å². The van der Waals surface area contributed by atoms with Crippen LogP contribution in [-0.4, -0.2) is 71.3 Å². The molecular weight excluding hydrogens is 492 g/mol. The molecule has 0 unspecified atom stereocenters. The average molecular weight is 523 g/mol. The zero-order chi connectivity index (χ0) is 26.8. The van der Waals surface area contributed by atoms with Gasteiger partial charge < -0.3 is 28.5 Å². The minimum Gasteiger partial charge on any atom is -0.508 e. The van der Waals surface area contributed by atoms with Gasteiger partial charge in [-0.1, -0.05) is 0 Å².